The van der Waals surface area contributed by atoms with Crippen LogP contribution in [-0.4, -0.2) is 65.1 Å². The third-order valence-electron chi connectivity index (χ3n) is 2.39. The summed E-state index contributed by atoms with van der Waals surface area (Å²) in [6.07, 6.45) is 1.41. The number of aliphatic carboxylic acids is 2. The summed E-state index contributed by atoms with van der Waals surface area (Å²) in [4.78, 5) is 40.0. The second-order valence-electron chi connectivity index (χ2n) is 4.25. The Bertz CT molecular complexity index is 514. The van der Waals surface area contributed by atoms with Crippen molar-refractivity contribution in [2.24, 2.45) is 0 Å². The maximum Gasteiger partial charge on any atom is 0.323 e. The lowest BCUT2D eigenvalue weighted by molar-refractivity contribution is -0.140. The molecule has 2 N–H and O–H groups in total. The molecule has 1 rings (SSSR count). The molecule has 0 aliphatic heterocycles. The number of hydrogen-bond acceptors (Lipinski definition) is 5. The first-order valence-corrected chi connectivity index (χ1v) is 5.67. The van der Waals surface area contributed by atoms with Crippen LogP contribution in [-0.2, 0) is 9.59 Å². The van der Waals surface area contributed by atoms with Crippen LogP contribution < -0.4 is 4.90 Å². The molecule has 0 aromatic carbocycles. The van der Waals surface area contributed by atoms with Crippen molar-refractivity contribution in [2.45, 2.75) is 0 Å². The van der Waals surface area contributed by atoms with Crippen LogP contribution >= 0.6 is 0 Å². The number of hydrogen-bond donors (Lipinski definition) is 2. The Morgan fingerprint density at radius 2 is 1.70 bits per heavy atom. The van der Waals surface area contributed by atoms with E-state index in [0.717, 1.165) is 4.90 Å². The summed E-state index contributed by atoms with van der Waals surface area (Å²) in [5, 5.41) is 17.5. The van der Waals surface area contributed by atoms with Gasteiger partial charge in [0, 0.05) is 25.9 Å². The summed E-state index contributed by atoms with van der Waals surface area (Å²) in [5.74, 6) is -2.70. The molecule has 1 amide bonds. The molecule has 0 bridgehead atoms. The van der Waals surface area contributed by atoms with Gasteiger partial charge >= 0.3 is 11.9 Å². The van der Waals surface area contributed by atoms with Gasteiger partial charge in [-0.15, -0.1) is 0 Å². The van der Waals surface area contributed by atoms with Gasteiger partial charge in [0.25, 0.3) is 5.91 Å². The molecule has 0 spiro atoms. The van der Waals surface area contributed by atoms with E-state index >= 15 is 0 Å². The van der Waals surface area contributed by atoms with Gasteiger partial charge in [0.2, 0.25) is 0 Å². The molecular formula is C12H15N3O5. The molecule has 0 saturated heterocycles. The average Bonchev–Trinajstić information content (AvgIpc) is 2.36. The summed E-state index contributed by atoms with van der Waals surface area (Å²) in [7, 11) is 3.48. The smallest absolute Gasteiger partial charge is 0.323 e. The minimum Gasteiger partial charge on any atom is -0.480 e. The number of nitrogens with zero attached hydrogens (tertiary/aromatic N) is 3. The van der Waals surface area contributed by atoms with Crippen LogP contribution in [0.4, 0.5) is 5.82 Å². The first-order valence-electron chi connectivity index (χ1n) is 5.67. The Labute approximate surface area is 115 Å². The van der Waals surface area contributed by atoms with Gasteiger partial charge in [-0.1, -0.05) is 0 Å². The number of carboxylic acids is 2. The number of anilines is 1. The van der Waals surface area contributed by atoms with Gasteiger partial charge in [0.05, 0.1) is 0 Å². The Hall–Kier alpha value is -2.64. The maximum absolute atomic E-state index is 12.1. The van der Waals surface area contributed by atoms with E-state index in [4.69, 9.17) is 10.2 Å². The van der Waals surface area contributed by atoms with E-state index in [2.05, 4.69) is 4.98 Å². The molecule has 8 heteroatoms. The molecule has 1 aromatic rings. The van der Waals surface area contributed by atoms with E-state index in [0.29, 0.717) is 5.82 Å². The van der Waals surface area contributed by atoms with Crippen molar-refractivity contribution in [1.82, 2.24) is 9.88 Å². The Morgan fingerprint density at radius 1 is 1.15 bits per heavy atom. The molecule has 0 aliphatic carbocycles. The molecule has 20 heavy (non-hydrogen) atoms. The highest BCUT2D eigenvalue weighted by molar-refractivity contribution is 5.97. The molecule has 0 aliphatic rings. The van der Waals surface area contributed by atoms with Crippen molar-refractivity contribution >= 4 is 23.7 Å². The van der Waals surface area contributed by atoms with Crippen LogP contribution in [0.2, 0.25) is 0 Å². The highest BCUT2D eigenvalue weighted by Crippen LogP contribution is 2.12. The van der Waals surface area contributed by atoms with Gasteiger partial charge in [0.1, 0.15) is 18.9 Å². The fraction of sp³-hybridized carbons (Fsp3) is 0.333. The fourth-order valence-electron chi connectivity index (χ4n) is 1.50. The third kappa shape index (κ3) is 4.23. The minimum absolute atomic E-state index is 0.186. The zero-order chi connectivity index (χ0) is 15.3. The molecule has 1 heterocycles. The summed E-state index contributed by atoms with van der Waals surface area (Å²) in [6, 6.07) is 2.88. The quantitative estimate of drug-likeness (QED) is 0.740. The summed E-state index contributed by atoms with van der Waals surface area (Å²) in [5.41, 5.74) is 0.186. The highest BCUT2D eigenvalue weighted by Gasteiger charge is 2.21. The predicted octanol–water partition coefficient (Wildman–Crippen LogP) is -0.241. The lowest BCUT2D eigenvalue weighted by atomic mass is 10.2. The molecule has 1 aromatic heterocycles. The number of amides is 1. The van der Waals surface area contributed by atoms with Crippen LogP contribution in [0, 0.1) is 0 Å². The molecular weight excluding hydrogens is 266 g/mol. The number of carboxylic acid groups (broad SMARTS) is 2. The second kappa shape index (κ2) is 6.50. The van der Waals surface area contributed by atoms with Gasteiger partial charge < -0.3 is 20.0 Å². The molecule has 0 atom stereocenters. The number of carbonyl (C=O) groups is 3. The summed E-state index contributed by atoms with van der Waals surface area (Å²) < 4.78 is 0. The van der Waals surface area contributed by atoms with E-state index in [1.807, 2.05) is 0 Å². The number of aromatic nitrogens is 1. The molecule has 0 fully saturated rings. The minimum atomic E-state index is -1.28. The van der Waals surface area contributed by atoms with Gasteiger partial charge in [-0.05, 0) is 12.1 Å². The van der Waals surface area contributed by atoms with Crippen molar-refractivity contribution < 1.29 is 24.6 Å². The van der Waals surface area contributed by atoms with Crippen molar-refractivity contribution in [3.8, 4) is 0 Å². The zero-order valence-corrected chi connectivity index (χ0v) is 11.1. The first kappa shape index (κ1) is 15.4. The van der Waals surface area contributed by atoms with Gasteiger partial charge in [-0.3, -0.25) is 14.4 Å². The van der Waals surface area contributed by atoms with Crippen LogP contribution in [0.5, 0.6) is 0 Å². The zero-order valence-electron chi connectivity index (χ0n) is 11.1. The standard InChI is InChI=1S/C12H15N3O5/c1-14(2)9-5-8(3-4-13-9)12(20)15(6-10(16)17)7-11(18)19/h3-5H,6-7H2,1-2H3,(H,16,17)(H,18,19). The normalized spacial score (nSPS) is 9.90. The lowest BCUT2D eigenvalue weighted by Gasteiger charge is -2.19. The van der Waals surface area contributed by atoms with E-state index in [1.54, 1.807) is 19.0 Å². The van der Waals surface area contributed by atoms with Gasteiger partial charge in [-0.25, -0.2) is 4.98 Å². The van der Waals surface area contributed by atoms with Gasteiger partial charge in [0.15, 0.2) is 0 Å². The largest absolute Gasteiger partial charge is 0.480 e. The van der Waals surface area contributed by atoms with Crippen molar-refractivity contribution in [3.05, 3.63) is 23.9 Å². The van der Waals surface area contributed by atoms with Crippen LogP contribution in [0.1, 0.15) is 10.4 Å². The second-order valence-corrected chi connectivity index (χ2v) is 4.25. The monoisotopic (exact) mass is 281 g/mol. The number of rotatable bonds is 6. The molecule has 0 radical (unpaired) electrons. The first-order chi connectivity index (χ1) is 9.31. The Balaban J connectivity index is 3.01. The van der Waals surface area contributed by atoms with E-state index < -0.39 is 30.9 Å². The fourth-order valence-corrected chi connectivity index (χ4v) is 1.50. The van der Waals surface area contributed by atoms with E-state index in [1.165, 1.54) is 18.3 Å². The summed E-state index contributed by atoms with van der Waals surface area (Å²) in [6.45, 7) is -1.35. The highest BCUT2D eigenvalue weighted by atomic mass is 16.4. The maximum atomic E-state index is 12.1. The lowest BCUT2D eigenvalue weighted by Crippen LogP contribution is -2.39. The Kier molecular flexibility index (Phi) is 5.01. The molecule has 8 nitrogen and oxygen atoms in total. The van der Waals surface area contributed by atoms with Crippen molar-refractivity contribution in [2.75, 3.05) is 32.1 Å². The summed E-state index contributed by atoms with van der Waals surface area (Å²) >= 11 is 0. The molecule has 108 valence electrons. The number of pyridine rings is 1. The van der Waals surface area contributed by atoms with E-state index in [9.17, 15) is 14.4 Å². The predicted molar refractivity (Wildman–Crippen MR) is 69.7 cm³/mol. The molecule has 0 saturated carbocycles. The average molecular weight is 281 g/mol. The third-order valence-corrected chi connectivity index (χ3v) is 2.39. The van der Waals surface area contributed by atoms with Crippen LogP contribution in [0.25, 0.3) is 0 Å². The van der Waals surface area contributed by atoms with Gasteiger partial charge in [-0.2, -0.15) is 0 Å². The Morgan fingerprint density at radius 3 is 2.15 bits per heavy atom. The van der Waals surface area contributed by atoms with Crippen LogP contribution in [0.3, 0.4) is 0 Å². The SMILES string of the molecule is CN(C)c1cc(C(=O)N(CC(=O)O)CC(=O)O)ccn1. The molecule has 0 unspecified atom stereocenters. The van der Waals surface area contributed by atoms with Crippen molar-refractivity contribution in [1.29, 1.82) is 0 Å². The van der Waals surface area contributed by atoms with Crippen molar-refractivity contribution in [3.63, 3.8) is 0 Å². The van der Waals surface area contributed by atoms with Crippen LogP contribution in [0.15, 0.2) is 18.3 Å². The topological polar surface area (TPSA) is 111 Å². The van der Waals surface area contributed by atoms with E-state index in [-0.39, 0.29) is 5.56 Å². The number of carbonyl (C=O) groups excluding carboxylic acids is 1.